The van der Waals surface area contributed by atoms with Crippen molar-refractivity contribution in [1.29, 1.82) is 0 Å². The molecule has 3 aromatic rings. The molecule has 3 rings (SSSR count). The van der Waals surface area contributed by atoms with Gasteiger partial charge >= 0.3 is 0 Å². The summed E-state index contributed by atoms with van der Waals surface area (Å²) >= 11 is 2.73. The van der Waals surface area contributed by atoms with Gasteiger partial charge in [-0.3, -0.25) is 14.9 Å². The summed E-state index contributed by atoms with van der Waals surface area (Å²) in [7, 11) is 1.61. The van der Waals surface area contributed by atoms with E-state index in [2.05, 4.69) is 10.3 Å². The normalized spacial score (nSPS) is 11.9. The van der Waals surface area contributed by atoms with Crippen LogP contribution in [0.5, 0.6) is 5.75 Å². The Bertz CT molecular complexity index is 972. The van der Waals surface area contributed by atoms with E-state index in [0.717, 1.165) is 16.0 Å². The molecule has 0 unspecified atom stereocenters. The van der Waals surface area contributed by atoms with Gasteiger partial charge in [0.25, 0.3) is 5.69 Å². The van der Waals surface area contributed by atoms with Crippen LogP contribution in [0.4, 0.5) is 5.69 Å². The van der Waals surface area contributed by atoms with Crippen LogP contribution in [0.3, 0.4) is 0 Å². The van der Waals surface area contributed by atoms with Crippen molar-refractivity contribution < 1.29 is 14.5 Å². The van der Waals surface area contributed by atoms with E-state index >= 15 is 0 Å². The number of thioether (sulfide) groups is 1. The number of nitrogens with one attached hydrogen (secondary N) is 1. The number of methoxy groups -OCH3 is 1. The zero-order chi connectivity index (χ0) is 19.4. The average molecular weight is 403 g/mol. The van der Waals surface area contributed by atoms with Crippen molar-refractivity contribution >= 4 is 44.9 Å². The molecule has 0 saturated carbocycles. The number of non-ortho nitro benzene ring substituents is 1. The third kappa shape index (κ3) is 4.75. The quantitative estimate of drug-likeness (QED) is 0.361. The van der Waals surface area contributed by atoms with Gasteiger partial charge < -0.3 is 10.1 Å². The molecule has 2 aromatic carbocycles. The summed E-state index contributed by atoms with van der Waals surface area (Å²) in [5, 5.41) is 13.8. The summed E-state index contributed by atoms with van der Waals surface area (Å²) in [6.07, 6.45) is 0. The van der Waals surface area contributed by atoms with Gasteiger partial charge in [0, 0.05) is 12.1 Å². The number of hydrogen-bond donors (Lipinski definition) is 1. The van der Waals surface area contributed by atoms with E-state index in [1.165, 1.54) is 35.2 Å². The summed E-state index contributed by atoms with van der Waals surface area (Å²) in [4.78, 5) is 27.0. The number of rotatable bonds is 7. The molecule has 0 bridgehead atoms. The Morgan fingerprint density at radius 2 is 2.07 bits per heavy atom. The topological polar surface area (TPSA) is 94.4 Å². The van der Waals surface area contributed by atoms with Gasteiger partial charge in [0.15, 0.2) is 4.34 Å². The van der Waals surface area contributed by atoms with Crippen molar-refractivity contribution in [3.8, 4) is 5.75 Å². The molecule has 1 amide bonds. The molecular weight excluding hydrogens is 386 g/mol. The lowest BCUT2D eigenvalue weighted by atomic mass is 10.1. The highest BCUT2D eigenvalue weighted by atomic mass is 32.2. The van der Waals surface area contributed by atoms with Gasteiger partial charge in [-0.15, -0.1) is 11.3 Å². The summed E-state index contributed by atoms with van der Waals surface area (Å²) in [5.74, 6) is 0.889. The Morgan fingerprint density at radius 1 is 1.33 bits per heavy atom. The number of carbonyl (C=O) groups excluding carboxylic acids is 1. The van der Waals surface area contributed by atoms with Crippen LogP contribution in [-0.4, -0.2) is 28.7 Å². The molecule has 1 heterocycles. The molecule has 27 heavy (non-hydrogen) atoms. The van der Waals surface area contributed by atoms with E-state index in [1.54, 1.807) is 13.2 Å². The van der Waals surface area contributed by atoms with Gasteiger partial charge in [-0.05, 0) is 30.7 Å². The molecular formula is C18H17N3O4S2. The third-order valence-electron chi connectivity index (χ3n) is 3.88. The van der Waals surface area contributed by atoms with E-state index in [4.69, 9.17) is 4.74 Å². The maximum atomic E-state index is 12.2. The van der Waals surface area contributed by atoms with Crippen LogP contribution >= 0.6 is 23.1 Å². The molecule has 0 fully saturated rings. The zero-order valence-corrected chi connectivity index (χ0v) is 16.3. The summed E-state index contributed by atoms with van der Waals surface area (Å²) in [6, 6.07) is 12.0. The number of benzene rings is 2. The van der Waals surface area contributed by atoms with Crippen molar-refractivity contribution in [3.63, 3.8) is 0 Å². The number of carbonyl (C=O) groups is 1. The van der Waals surface area contributed by atoms with Crippen LogP contribution < -0.4 is 10.1 Å². The van der Waals surface area contributed by atoms with Gasteiger partial charge in [-0.25, -0.2) is 4.98 Å². The predicted octanol–water partition coefficient (Wildman–Crippen LogP) is 4.18. The van der Waals surface area contributed by atoms with E-state index < -0.39 is 4.92 Å². The Morgan fingerprint density at radius 3 is 2.74 bits per heavy atom. The summed E-state index contributed by atoms with van der Waals surface area (Å²) in [6.45, 7) is 1.92. The fourth-order valence-electron chi connectivity index (χ4n) is 2.46. The second kappa shape index (κ2) is 8.36. The van der Waals surface area contributed by atoms with Gasteiger partial charge in [0.05, 0.1) is 34.0 Å². The smallest absolute Gasteiger partial charge is 0.271 e. The average Bonchev–Trinajstić information content (AvgIpc) is 3.08. The zero-order valence-electron chi connectivity index (χ0n) is 14.7. The largest absolute Gasteiger partial charge is 0.497 e. The highest BCUT2D eigenvalue weighted by Crippen LogP contribution is 2.31. The molecule has 0 saturated heterocycles. The van der Waals surface area contributed by atoms with Crippen LogP contribution in [0.2, 0.25) is 0 Å². The molecule has 140 valence electrons. The van der Waals surface area contributed by atoms with Gasteiger partial charge in [0.2, 0.25) is 5.91 Å². The Kier molecular flexibility index (Phi) is 5.92. The summed E-state index contributed by atoms with van der Waals surface area (Å²) in [5.41, 5.74) is 1.57. The van der Waals surface area contributed by atoms with E-state index in [0.29, 0.717) is 9.86 Å². The Labute approximate surface area is 163 Å². The van der Waals surface area contributed by atoms with Crippen molar-refractivity contribution in [2.75, 3.05) is 12.9 Å². The van der Waals surface area contributed by atoms with Gasteiger partial charge in [-0.2, -0.15) is 0 Å². The number of nitro benzene ring substituents is 1. The van der Waals surface area contributed by atoms with Crippen molar-refractivity contribution in [1.82, 2.24) is 10.3 Å². The predicted molar refractivity (Wildman–Crippen MR) is 107 cm³/mol. The fourth-order valence-corrected chi connectivity index (χ4v) is 4.32. The van der Waals surface area contributed by atoms with Gasteiger partial charge in [-0.1, -0.05) is 23.9 Å². The minimum absolute atomic E-state index is 0.00964. The number of nitro groups is 1. The molecule has 0 aliphatic carbocycles. The lowest BCUT2D eigenvalue weighted by Gasteiger charge is -2.14. The third-order valence-corrected chi connectivity index (χ3v) is 6.06. The van der Waals surface area contributed by atoms with E-state index in [-0.39, 0.29) is 23.4 Å². The first-order chi connectivity index (χ1) is 13.0. The first-order valence-electron chi connectivity index (χ1n) is 8.07. The van der Waals surface area contributed by atoms with Gasteiger partial charge in [0.1, 0.15) is 5.75 Å². The Hall–Kier alpha value is -2.65. The monoisotopic (exact) mass is 403 g/mol. The number of hydrogen-bond acceptors (Lipinski definition) is 7. The molecule has 0 aliphatic heterocycles. The lowest BCUT2D eigenvalue weighted by molar-refractivity contribution is -0.384. The van der Waals surface area contributed by atoms with Crippen LogP contribution in [0.15, 0.2) is 46.8 Å². The molecule has 0 spiro atoms. The maximum absolute atomic E-state index is 12.2. The first-order valence-corrected chi connectivity index (χ1v) is 9.87. The van der Waals surface area contributed by atoms with Crippen LogP contribution in [0.1, 0.15) is 18.5 Å². The lowest BCUT2D eigenvalue weighted by Crippen LogP contribution is -2.28. The molecule has 0 radical (unpaired) electrons. The van der Waals surface area contributed by atoms with Crippen LogP contribution in [0, 0.1) is 10.1 Å². The number of amides is 1. The van der Waals surface area contributed by atoms with Crippen molar-refractivity contribution in [2.24, 2.45) is 0 Å². The molecule has 0 aliphatic rings. The Balaban J connectivity index is 1.58. The molecule has 7 nitrogen and oxygen atoms in total. The SMILES string of the molecule is COc1ccc([C@H](C)NC(=O)CSc2nc3cc([N+](=O)[O-])ccc3s2)cc1. The number of thiazole rings is 1. The van der Waals surface area contributed by atoms with E-state index in [1.807, 2.05) is 31.2 Å². The molecule has 1 N–H and O–H groups in total. The van der Waals surface area contributed by atoms with E-state index in [9.17, 15) is 14.9 Å². The minimum atomic E-state index is -0.445. The minimum Gasteiger partial charge on any atom is -0.497 e. The number of aromatic nitrogens is 1. The number of ether oxygens (including phenoxy) is 1. The standard InChI is InChI=1S/C18H17N3O4S2/c1-11(12-3-6-14(25-2)7-4-12)19-17(22)10-26-18-20-15-9-13(21(23)24)5-8-16(15)27-18/h3-9,11H,10H2,1-2H3,(H,19,22)/t11-/m0/s1. The second-order valence-electron chi connectivity index (χ2n) is 5.74. The maximum Gasteiger partial charge on any atom is 0.271 e. The van der Waals surface area contributed by atoms with Crippen molar-refractivity contribution in [3.05, 3.63) is 58.1 Å². The number of fused-ring (bicyclic) bond motifs is 1. The second-order valence-corrected chi connectivity index (χ2v) is 7.99. The molecule has 1 atom stereocenters. The highest BCUT2D eigenvalue weighted by Gasteiger charge is 2.13. The highest BCUT2D eigenvalue weighted by molar-refractivity contribution is 8.01. The number of nitrogens with zero attached hydrogens (tertiary/aromatic N) is 2. The van der Waals surface area contributed by atoms with Crippen LogP contribution in [0.25, 0.3) is 10.2 Å². The fraction of sp³-hybridized carbons (Fsp3) is 0.222. The molecule has 9 heteroatoms. The van der Waals surface area contributed by atoms with Crippen LogP contribution in [-0.2, 0) is 4.79 Å². The molecule has 1 aromatic heterocycles. The van der Waals surface area contributed by atoms with Crippen molar-refractivity contribution in [2.45, 2.75) is 17.3 Å². The first kappa shape index (κ1) is 19.1. The summed E-state index contributed by atoms with van der Waals surface area (Å²) < 4.78 is 6.69.